The number of carboxylic acids is 1. The number of carboxylic acid groups (broad SMARTS) is 1. The van der Waals surface area contributed by atoms with E-state index in [4.69, 9.17) is 33.0 Å². The van der Waals surface area contributed by atoms with E-state index in [-0.39, 0.29) is 24.7 Å². The quantitative estimate of drug-likeness (QED) is 0.391. The van der Waals surface area contributed by atoms with Gasteiger partial charge in [0.1, 0.15) is 18.4 Å². The molecule has 0 spiro atoms. The van der Waals surface area contributed by atoms with Gasteiger partial charge in [-0.3, -0.25) is 9.59 Å². The first kappa shape index (κ1) is 26.0. The summed E-state index contributed by atoms with van der Waals surface area (Å²) in [6.07, 6.45) is -1.15. The van der Waals surface area contributed by atoms with Gasteiger partial charge in [0.2, 0.25) is 0 Å². The molecule has 3 rings (SSSR count). The van der Waals surface area contributed by atoms with Gasteiger partial charge in [-0.15, -0.1) is 10.2 Å². The number of Topliss-reactive ketones (excluding diaryl/α,β-unsaturated/α-hetero) is 1. The van der Waals surface area contributed by atoms with E-state index in [1.54, 1.807) is 30.3 Å². The summed E-state index contributed by atoms with van der Waals surface area (Å²) >= 11 is 12.3. The monoisotopic (exact) mass is 523 g/mol. The van der Waals surface area contributed by atoms with Crippen molar-refractivity contribution in [1.82, 2.24) is 25.5 Å². The average molecular weight is 524 g/mol. The molecule has 0 aliphatic carbocycles. The number of nitrogens with zero attached hydrogens (tertiary/aromatic N) is 4. The Morgan fingerprint density at radius 2 is 1.80 bits per heavy atom. The normalized spacial score (nSPS) is 11.6. The van der Waals surface area contributed by atoms with Crippen molar-refractivity contribution in [3.05, 3.63) is 75.3 Å². The van der Waals surface area contributed by atoms with Crippen molar-refractivity contribution in [2.24, 2.45) is 0 Å². The number of carbonyl (C=O) groups is 3. The van der Waals surface area contributed by atoms with Gasteiger partial charge in [0.05, 0.1) is 13.0 Å². The number of rotatable bonds is 11. The Balaban J connectivity index is 1.55. The molecule has 13 heteroatoms. The molecule has 10 nitrogen and oxygen atoms in total. The Labute approximate surface area is 209 Å². The molecule has 0 radical (unpaired) electrons. The second kappa shape index (κ2) is 12.2. The summed E-state index contributed by atoms with van der Waals surface area (Å²) in [5, 5.41) is 24.0. The van der Waals surface area contributed by atoms with Crippen molar-refractivity contribution in [3.63, 3.8) is 0 Å². The Bertz CT molecular complexity index is 1180. The number of alkyl carbamates (subject to hydrolysis) is 1. The number of carbonyl (C=O) groups excluding carboxylic acids is 2. The van der Waals surface area contributed by atoms with E-state index in [0.29, 0.717) is 22.0 Å². The van der Waals surface area contributed by atoms with Crippen LogP contribution in [0.15, 0.2) is 42.5 Å². The summed E-state index contributed by atoms with van der Waals surface area (Å²) in [4.78, 5) is 36.9. The zero-order valence-corrected chi connectivity index (χ0v) is 19.7. The van der Waals surface area contributed by atoms with Gasteiger partial charge in [-0.1, -0.05) is 41.4 Å². The molecule has 2 N–H and O–H groups in total. The number of aliphatic carboxylic acids is 1. The Morgan fingerprint density at radius 3 is 2.46 bits per heavy atom. The van der Waals surface area contributed by atoms with Crippen LogP contribution in [0.2, 0.25) is 10.0 Å². The molecule has 0 aliphatic rings. The van der Waals surface area contributed by atoms with E-state index in [1.165, 1.54) is 12.1 Å². The minimum Gasteiger partial charge on any atom is -0.481 e. The van der Waals surface area contributed by atoms with E-state index in [0.717, 1.165) is 10.4 Å². The maximum absolute atomic E-state index is 12.9. The van der Waals surface area contributed by atoms with Crippen molar-refractivity contribution in [2.45, 2.75) is 31.8 Å². The minimum atomic E-state index is -1.38. The van der Waals surface area contributed by atoms with Crippen LogP contribution >= 0.6 is 23.2 Å². The molecule has 35 heavy (non-hydrogen) atoms. The Hall–Kier alpha value is -3.57. The maximum Gasteiger partial charge on any atom is 0.407 e. The number of nitrogens with one attached hydrogen (secondary N) is 1. The number of ether oxygens (including phenoxy) is 1. The lowest BCUT2D eigenvalue weighted by molar-refractivity contribution is -0.139. The summed E-state index contributed by atoms with van der Waals surface area (Å²) in [6, 6.07) is 9.31. The predicted octanol–water partition coefficient (Wildman–Crippen LogP) is 3.09. The smallest absolute Gasteiger partial charge is 0.407 e. The minimum absolute atomic E-state index is 0.0515. The second-order valence-corrected chi connectivity index (χ2v) is 8.20. The van der Waals surface area contributed by atoms with Crippen LogP contribution in [0.4, 0.5) is 9.18 Å². The second-order valence-electron chi connectivity index (χ2n) is 7.39. The molecule has 1 heterocycles. The fourth-order valence-electron chi connectivity index (χ4n) is 3.04. The SMILES string of the molecule is O=C(O)CC(NC(=O)OCCc1ccc(F)cc1)C(=O)Cn1nnc(Cc2c(Cl)cccc2Cl)n1. The van der Waals surface area contributed by atoms with E-state index < -0.39 is 36.9 Å². The van der Waals surface area contributed by atoms with E-state index in [9.17, 15) is 18.8 Å². The third kappa shape index (κ3) is 8.01. The van der Waals surface area contributed by atoms with Crippen molar-refractivity contribution in [3.8, 4) is 0 Å². The van der Waals surface area contributed by atoms with Crippen LogP contribution in [0.1, 0.15) is 23.4 Å². The van der Waals surface area contributed by atoms with Crippen LogP contribution in [-0.4, -0.2) is 55.8 Å². The number of aromatic nitrogens is 4. The van der Waals surface area contributed by atoms with Crippen LogP contribution in [0.3, 0.4) is 0 Å². The molecule has 2 aromatic carbocycles. The van der Waals surface area contributed by atoms with Crippen LogP contribution in [-0.2, 0) is 33.7 Å². The number of halogens is 3. The molecule has 0 saturated heterocycles. The Morgan fingerprint density at radius 1 is 1.11 bits per heavy atom. The summed E-state index contributed by atoms with van der Waals surface area (Å²) in [6.45, 7) is -0.485. The van der Waals surface area contributed by atoms with Crippen molar-refractivity contribution in [2.75, 3.05) is 6.61 Å². The number of ketones is 1. The van der Waals surface area contributed by atoms with Gasteiger partial charge in [0.25, 0.3) is 0 Å². The summed E-state index contributed by atoms with van der Waals surface area (Å²) < 4.78 is 18.0. The number of benzene rings is 2. The molecule has 1 atom stereocenters. The lowest BCUT2D eigenvalue weighted by atomic mass is 10.1. The summed E-state index contributed by atoms with van der Waals surface area (Å²) in [5.41, 5.74) is 1.33. The average Bonchev–Trinajstić information content (AvgIpc) is 3.24. The first-order valence-corrected chi connectivity index (χ1v) is 11.1. The number of hydrogen-bond acceptors (Lipinski definition) is 7. The topological polar surface area (TPSA) is 136 Å². The van der Waals surface area contributed by atoms with Crippen molar-refractivity contribution >= 4 is 41.0 Å². The molecule has 0 saturated carbocycles. The fraction of sp³-hybridized carbons (Fsp3) is 0.273. The highest BCUT2D eigenvalue weighted by Crippen LogP contribution is 2.25. The van der Waals surface area contributed by atoms with Gasteiger partial charge in [-0.25, -0.2) is 9.18 Å². The molecule has 0 bridgehead atoms. The van der Waals surface area contributed by atoms with Gasteiger partial charge < -0.3 is 15.2 Å². The largest absolute Gasteiger partial charge is 0.481 e. The first-order valence-electron chi connectivity index (χ1n) is 10.3. The lowest BCUT2D eigenvalue weighted by Gasteiger charge is -2.15. The standard InChI is InChI=1S/C22H20Cl2FN5O5/c23-16-2-1-3-17(24)15(16)10-20-27-29-30(28-20)12-19(31)18(11-21(32)33)26-22(34)35-9-8-13-4-6-14(25)7-5-13/h1-7,18H,8-12H2,(H,26,34)(H,32,33). The van der Waals surface area contributed by atoms with Crippen molar-refractivity contribution < 1.29 is 28.6 Å². The highest BCUT2D eigenvalue weighted by Gasteiger charge is 2.25. The molecule has 184 valence electrons. The van der Waals surface area contributed by atoms with Crippen LogP contribution < -0.4 is 5.32 Å². The van der Waals surface area contributed by atoms with Crippen LogP contribution in [0.5, 0.6) is 0 Å². The maximum atomic E-state index is 12.9. The molecular weight excluding hydrogens is 504 g/mol. The number of amides is 1. The first-order chi connectivity index (χ1) is 16.7. The highest BCUT2D eigenvalue weighted by atomic mass is 35.5. The molecular formula is C22H20Cl2FN5O5. The predicted molar refractivity (Wildman–Crippen MR) is 123 cm³/mol. The number of tetrazole rings is 1. The molecule has 0 aliphatic heterocycles. The van der Waals surface area contributed by atoms with Gasteiger partial charge in [-0.05, 0) is 40.6 Å². The summed E-state index contributed by atoms with van der Waals surface area (Å²) in [7, 11) is 0. The van der Waals surface area contributed by atoms with Gasteiger partial charge in [0.15, 0.2) is 11.6 Å². The van der Waals surface area contributed by atoms with Gasteiger partial charge >= 0.3 is 12.1 Å². The van der Waals surface area contributed by atoms with E-state index in [1.807, 2.05) is 0 Å². The van der Waals surface area contributed by atoms with E-state index in [2.05, 4.69) is 20.7 Å². The van der Waals surface area contributed by atoms with Crippen molar-refractivity contribution in [1.29, 1.82) is 0 Å². The fourth-order valence-corrected chi connectivity index (χ4v) is 3.57. The molecule has 1 amide bonds. The van der Waals surface area contributed by atoms with Crippen LogP contribution in [0.25, 0.3) is 0 Å². The van der Waals surface area contributed by atoms with Gasteiger partial charge in [0, 0.05) is 22.9 Å². The molecule has 3 aromatic rings. The zero-order valence-electron chi connectivity index (χ0n) is 18.2. The third-order valence-corrected chi connectivity index (χ3v) is 5.49. The molecule has 1 unspecified atom stereocenters. The van der Waals surface area contributed by atoms with E-state index >= 15 is 0 Å². The molecule has 1 aromatic heterocycles. The third-order valence-electron chi connectivity index (χ3n) is 4.78. The zero-order chi connectivity index (χ0) is 25.4. The molecule has 0 fully saturated rings. The Kier molecular flexibility index (Phi) is 9.10. The summed E-state index contributed by atoms with van der Waals surface area (Å²) in [5.74, 6) is -2.10. The van der Waals surface area contributed by atoms with Gasteiger partial charge in [-0.2, -0.15) is 4.80 Å². The lowest BCUT2D eigenvalue weighted by Crippen LogP contribution is -2.44. The van der Waals surface area contributed by atoms with Crippen LogP contribution in [0, 0.1) is 5.82 Å². The number of hydrogen-bond donors (Lipinski definition) is 2. The highest BCUT2D eigenvalue weighted by molar-refractivity contribution is 6.36.